The van der Waals surface area contributed by atoms with Crippen molar-refractivity contribution < 1.29 is 4.74 Å². The lowest BCUT2D eigenvalue weighted by Crippen LogP contribution is -2.10. The first-order valence-electron chi connectivity index (χ1n) is 5.92. The molecule has 1 heterocycles. The Morgan fingerprint density at radius 3 is 2.72 bits per heavy atom. The number of ether oxygens (including phenoxy) is 1. The topological polar surface area (TPSA) is 35.2 Å². The highest BCUT2D eigenvalue weighted by Crippen LogP contribution is 2.28. The fraction of sp³-hybridized carbons (Fsp3) is 0.286. The average Bonchev–Trinajstić information content (AvgIpc) is 2.81. The summed E-state index contributed by atoms with van der Waals surface area (Å²) in [4.78, 5) is 1.11. The molecule has 0 unspecified atom stereocenters. The van der Waals surface area contributed by atoms with Crippen molar-refractivity contribution in [2.24, 2.45) is 5.73 Å². The van der Waals surface area contributed by atoms with Gasteiger partial charge >= 0.3 is 0 Å². The Kier molecular flexibility index (Phi) is 4.64. The normalized spacial score (nSPS) is 12.4. The van der Waals surface area contributed by atoms with E-state index in [0.717, 1.165) is 26.9 Å². The van der Waals surface area contributed by atoms with Gasteiger partial charge in [-0.2, -0.15) is 0 Å². The van der Waals surface area contributed by atoms with Crippen molar-refractivity contribution in [2.45, 2.75) is 26.0 Å². The van der Waals surface area contributed by atoms with Gasteiger partial charge in [-0.25, -0.2) is 0 Å². The number of hydrogen-bond acceptors (Lipinski definition) is 3. The summed E-state index contributed by atoms with van der Waals surface area (Å²) in [6.45, 7) is 2.60. The van der Waals surface area contributed by atoms with E-state index < -0.39 is 0 Å². The summed E-state index contributed by atoms with van der Waals surface area (Å²) in [5, 5.41) is 0. The second kappa shape index (κ2) is 6.23. The van der Waals surface area contributed by atoms with Crippen LogP contribution in [0.2, 0.25) is 4.34 Å². The molecule has 1 aromatic carbocycles. The van der Waals surface area contributed by atoms with Gasteiger partial charge < -0.3 is 10.5 Å². The molecule has 0 amide bonds. The van der Waals surface area contributed by atoms with E-state index in [1.54, 1.807) is 0 Å². The van der Waals surface area contributed by atoms with Crippen LogP contribution < -0.4 is 10.5 Å². The Morgan fingerprint density at radius 1 is 1.28 bits per heavy atom. The third-order valence-corrected chi connectivity index (χ3v) is 3.96. The average molecular weight is 282 g/mol. The minimum atomic E-state index is 0.0214. The summed E-state index contributed by atoms with van der Waals surface area (Å²) in [6, 6.07) is 11.8. The Bertz CT molecular complexity index is 512. The van der Waals surface area contributed by atoms with Crippen molar-refractivity contribution >= 4 is 22.9 Å². The molecule has 0 radical (unpaired) electrons. The number of hydrogen-bond donors (Lipinski definition) is 1. The van der Waals surface area contributed by atoms with Gasteiger partial charge in [-0.15, -0.1) is 11.3 Å². The standard InChI is InChI=1S/C14H16ClNOS/c1-2-12(16)11-5-3-4-6-13(11)17-9-10-7-8-14(15)18-10/h3-8,12H,2,9,16H2,1H3/t12-/m0/s1. The van der Waals surface area contributed by atoms with Crippen molar-refractivity contribution in [3.8, 4) is 5.75 Å². The lowest BCUT2D eigenvalue weighted by Gasteiger charge is -2.15. The third kappa shape index (κ3) is 3.25. The quantitative estimate of drug-likeness (QED) is 0.882. The molecule has 96 valence electrons. The fourth-order valence-electron chi connectivity index (χ4n) is 1.72. The zero-order valence-corrected chi connectivity index (χ0v) is 11.8. The minimum Gasteiger partial charge on any atom is -0.488 e. The number of benzene rings is 1. The van der Waals surface area contributed by atoms with Crippen LogP contribution in [0.5, 0.6) is 5.75 Å². The molecule has 18 heavy (non-hydrogen) atoms. The van der Waals surface area contributed by atoms with Crippen LogP contribution >= 0.6 is 22.9 Å². The van der Waals surface area contributed by atoms with Gasteiger partial charge in [-0.1, -0.05) is 36.7 Å². The molecule has 0 saturated heterocycles. The Labute approximate surface area is 116 Å². The molecule has 0 aliphatic carbocycles. The highest BCUT2D eigenvalue weighted by atomic mass is 35.5. The highest BCUT2D eigenvalue weighted by molar-refractivity contribution is 7.16. The zero-order chi connectivity index (χ0) is 13.0. The molecule has 0 fully saturated rings. The van der Waals surface area contributed by atoms with Crippen LogP contribution in [0, 0.1) is 0 Å². The molecule has 0 aliphatic heterocycles. The molecule has 1 atom stereocenters. The number of nitrogens with two attached hydrogens (primary N) is 1. The maximum Gasteiger partial charge on any atom is 0.124 e. The van der Waals surface area contributed by atoms with Crippen LogP contribution in [0.25, 0.3) is 0 Å². The van der Waals surface area contributed by atoms with Gasteiger partial charge in [0, 0.05) is 16.5 Å². The van der Waals surface area contributed by atoms with Gasteiger partial charge in [0.05, 0.1) is 4.34 Å². The molecule has 2 nitrogen and oxygen atoms in total. The molecule has 2 aromatic rings. The maximum absolute atomic E-state index is 6.07. The first-order valence-corrected chi connectivity index (χ1v) is 7.11. The lowest BCUT2D eigenvalue weighted by molar-refractivity contribution is 0.304. The second-order valence-electron chi connectivity index (χ2n) is 4.05. The summed E-state index contributed by atoms with van der Waals surface area (Å²) in [7, 11) is 0. The van der Waals surface area contributed by atoms with Crippen molar-refractivity contribution in [3.63, 3.8) is 0 Å². The van der Waals surface area contributed by atoms with Crippen LogP contribution in [-0.4, -0.2) is 0 Å². The molecule has 1 aromatic heterocycles. The van der Waals surface area contributed by atoms with Crippen molar-refractivity contribution in [2.75, 3.05) is 0 Å². The van der Waals surface area contributed by atoms with Crippen molar-refractivity contribution in [1.29, 1.82) is 0 Å². The molecule has 2 rings (SSSR count). The van der Waals surface area contributed by atoms with Gasteiger partial charge in [0.2, 0.25) is 0 Å². The SMILES string of the molecule is CC[C@H](N)c1ccccc1OCc1ccc(Cl)s1. The van der Waals surface area contributed by atoms with Gasteiger partial charge in [-0.05, 0) is 24.6 Å². The first-order chi connectivity index (χ1) is 8.70. The molecular formula is C14H16ClNOS. The largest absolute Gasteiger partial charge is 0.488 e. The van der Waals surface area contributed by atoms with Gasteiger partial charge in [0.1, 0.15) is 12.4 Å². The van der Waals surface area contributed by atoms with E-state index in [0.29, 0.717) is 6.61 Å². The van der Waals surface area contributed by atoms with E-state index in [2.05, 4.69) is 6.92 Å². The molecule has 0 spiro atoms. The van der Waals surface area contributed by atoms with Crippen LogP contribution in [0.15, 0.2) is 36.4 Å². The van der Waals surface area contributed by atoms with Gasteiger partial charge in [-0.3, -0.25) is 0 Å². The summed E-state index contributed by atoms with van der Waals surface area (Å²) in [6.07, 6.45) is 0.894. The van der Waals surface area contributed by atoms with E-state index in [4.69, 9.17) is 22.1 Å². The van der Waals surface area contributed by atoms with E-state index >= 15 is 0 Å². The van der Waals surface area contributed by atoms with Crippen molar-refractivity contribution in [1.82, 2.24) is 0 Å². The molecule has 2 N–H and O–H groups in total. The van der Waals surface area contributed by atoms with E-state index in [1.165, 1.54) is 11.3 Å². The summed E-state index contributed by atoms with van der Waals surface area (Å²) < 4.78 is 6.62. The number of thiophene rings is 1. The van der Waals surface area contributed by atoms with Gasteiger partial charge in [0.15, 0.2) is 0 Å². The van der Waals surface area contributed by atoms with Crippen LogP contribution in [0.3, 0.4) is 0 Å². The monoisotopic (exact) mass is 281 g/mol. The molecule has 4 heteroatoms. The molecular weight excluding hydrogens is 266 g/mol. The minimum absolute atomic E-state index is 0.0214. The highest BCUT2D eigenvalue weighted by Gasteiger charge is 2.10. The number of para-hydroxylation sites is 1. The third-order valence-electron chi connectivity index (χ3n) is 2.76. The summed E-state index contributed by atoms with van der Waals surface area (Å²) >= 11 is 7.43. The Hall–Kier alpha value is -1.03. The molecule has 0 bridgehead atoms. The van der Waals surface area contributed by atoms with Crippen LogP contribution in [0.4, 0.5) is 0 Å². The smallest absolute Gasteiger partial charge is 0.124 e. The van der Waals surface area contributed by atoms with Crippen LogP contribution in [-0.2, 0) is 6.61 Å². The summed E-state index contributed by atoms with van der Waals surface area (Å²) in [5.74, 6) is 0.858. The maximum atomic E-state index is 6.07. The Morgan fingerprint density at radius 2 is 2.06 bits per heavy atom. The predicted molar refractivity (Wildman–Crippen MR) is 77.3 cm³/mol. The van der Waals surface area contributed by atoms with E-state index in [9.17, 15) is 0 Å². The van der Waals surface area contributed by atoms with E-state index in [1.807, 2.05) is 36.4 Å². The fourth-order valence-corrected chi connectivity index (χ4v) is 2.72. The number of halogens is 1. The van der Waals surface area contributed by atoms with Crippen molar-refractivity contribution in [3.05, 3.63) is 51.2 Å². The number of rotatable bonds is 5. The molecule has 0 aliphatic rings. The predicted octanol–water partition coefficient (Wildman–Crippen LogP) is 4.39. The first kappa shape index (κ1) is 13.4. The van der Waals surface area contributed by atoms with Crippen LogP contribution in [0.1, 0.15) is 29.8 Å². The van der Waals surface area contributed by atoms with Gasteiger partial charge in [0.25, 0.3) is 0 Å². The lowest BCUT2D eigenvalue weighted by atomic mass is 10.0. The summed E-state index contributed by atoms with van der Waals surface area (Å²) in [5.41, 5.74) is 7.13. The molecule has 0 saturated carbocycles. The zero-order valence-electron chi connectivity index (χ0n) is 10.2. The Balaban J connectivity index is 2.09. The van der Waals surface area contributed by atoms with E-state index in [-0.39, 0.29) is 6.04 Å². The second-order valence-corrected chi connectivity index (χ2v) is 5.85.